The minimum absolute atomic E-state index is 0.222. The summed E-state index contributed by atoms with van der Waals surface area (Å²) in [7, 11) is 1.51. The number of nitrogens with one attached hydrogen (secondary N) is 2. The van der Waals surface area contributed by atoms with Crippen molar-refractivity contribution in [1.82, 2.24) is 10.6 Å². The number of benzene rings is 2. The molecule has 7 heteroatoms. The van der Waals surface area contributed by atoms with Crippen LogP contribution in [0.15, 0.2) is 59.6 Å². The molecule has 2 rings (SSSR count). The molecule has 0 aliphatic heterocycles. The minimum Gasteiger partial charge on any atom is -0.457 e. The van der Waals surface area contributed by atoms with Crippen molar-refractivity contribution in [3.63, 3.8) is 0 Å². The maximum absolute atomic E-state index is 12.2. The molecule has 0 amide bonds. The van der Waals surface area contributed by atoms with E-state index >= 15 is 0 Å². The second-order valence-corrected chi connectivity index (χ2v) is 5.28. The molecule has 0 aliphatic rings. The zero-order chi connectivity index (χ0) is 18.1. The molecule has 0 saturated carbocycles. The maximum Gasteiger partial charge on any atom is 0.390 e. The van der Waals surface area contributed by atoms with Crippen LogP contribution < -0.4 is 15.4 Å². The van der Waals surface area contributed by atoms with Gasteiger partial charge in [0.15, 0.2) is 5.96 Å². The average Bonchev–Trinajstić information content (AvgIpc) is 2.58. The lowest BCUT2D eigenvalue weighted by atomic mass is 10.2. The molecule has 0 aliphatic carbocycles. The molecule has 0 unspecified atom stereocenters. The lowest BCUT2D eigenvalue weighted by Crippen LogP contribution is -2.38. The van der Waals surface area contributed by atoms with Gasteiger partial charge < -0.3 is 15.4 Å². The van der Waals surface area contributed by atoms with E-state index in [4.69, 9.17) is 4.74 Å². The van der Waals surface area contributed by atoms with E-state index in [2.05, 4.69) is 15.6 Å². The van der Waals surface area contributed by atoms with Crippen LogP contribution in [0, 0.1) is 0 Å². The lowest BCUT2D eigenvalue weighted by Gasteiger charge is -2.13. The highest BCUT2D eigenvalue weighted by atomic mass is 19.4. The number of para-hydroxylation sites is 1. The Balaban J connectivity index is 1.86. The van der Waals surface area contributed by atoms with Gasteiger partial charge in [-0.25, -0.2) is 0 Å². The third-order valence-corrected chi connectivity index (χ3v) is 3.26. The Labute approximate surface area is 144 Å². The van der Waals surface area contributed by atoms with Crippen LogP contribution in [0.4, 0.5) is 13.2 Å². The van der Waals surface area contributed by atoms with Crippen molar-refractivity contribution in [2.45, 2.75) is 19.1 Å². The summed E-state index contributed by atoms with van der Waals surface area (Å²) in [6.45, 7) is 0.192. The third-order valence-electron chi connectivity index (χ3n) is 3.26. The highest BCUT2D eigenvalue weighted by Gasteiger charge is 2.26. The minimum atomic E-state index is -4.19. The van der Waals surface area contributed by atoms with Gasteiger partial charge >= 0.3 is 6.18 Å². The molecular weight excluding hydrogens is 331 g/mol. The number of alkyl halides is 3. The molecule has 2 N–H and O–H groups in total. The SMILES string of the molecule is CN=C(NCCC(F)(F)F)NCc1cccc(Oc2ccccc2)c1. The largest absolute Gasteiger partial charge is 0.457 e. The van der Waals surface area contributed by atoms with E-state index in [9.17, 15) is 13.2 Å². The van der Waals surface area contributed by atoms with Crippen LogP contribution >= 0.6 is 0 Å². The van der Waals surface area contributed by atoms with Gasteiger partial charge in [0.1, 0.15) is 11.5 Å². The van der Waals surface area contributed by atoms with E-state index in [-0.39, 0.29) is 6.54 Å². The summed E-state index contributed by atoms with van der Waals surface area (Å²) in [6, 6.07) is 16.9. The molecule has 25 heavy (non-hydrogen) atoms. The Kier molecular flexibility index (Phi) is 6.68. The number of ether oxygens (including phenoxy) is 1. The van der Waals surface area contributed by atoms with Crippen LogP contribution in [0.5, 0.6) is 11.5 Å². The molecular formula is C18H20F3N3O. The van der Waals surface area contributed by atoms with E-state index in [0.717, 1.165) is 11.3 Å². The van der Waals surface area contributed by atoms with Crippen LogP contribution in [0.3, 0.4) is 0 Å². The van der Waals surface area contributed by atoms with Gasteiger partial charge in [-0.05, 0) is 29.8 Å². The number of hydrogen-bond donors (Lipinski definition) is 2. The average molecular weight is 351 g/mol. The smallest absolute Gasteiger partial charge is 0.390 e. The van der Waals surface area contributed by atoms with Gasteiger partial charge in [0.25, 0.3) is 0 Å². The predicted molar refractivity (Wildman–Crippen MR) is 91.8 cm³/mol. The normalized spacial score (nSPS) is 11.9. The van der Waals surface area contributed by atoms with Gasteiger partial charge in [0.05, 0.1) is 6.42 Å². The number of nitrogens with zero attached hydrogens (tertiary/aromatic N) is 1. The molecule has 134 valence electrons. The van der Waals surface area contributed by atoms with Crippen molar-refractivity contribution < 1.29 is 17.9 Å². The molecule has 4 nitrogen and oxygen atoms in total. The first-order valence-electron chi connectivity index (χ1n) is 7.79. The van der Waals surface area contributed by atoms with Crippen LogP contribution in [0.25, 0.3) is 0 Å². The van der Waals surface area contributed by atoms with Gasteiger partial charge in [0, 0.05) is 20.1 Å². The maximum atomic E-state index is 12.2. The van der Waals surface area contributed by atoms with Crippen molar-refractivity contribution in [3.05, 3.63) is 60.2 Å². The molecule has 2 aromatic rings. The Morgan fingerprint density at radius 3 is 2.40 bits per heavy atom. The number of halogens is 3. The summed E-state index contributed by atoms with van der Waals surface area (Å²) in [5, 5.41) is 5.62. The van der Waals surface area contributed by atoms with Crippen molar-refractivity contribution in [2.24, 2.45) is 4.99 Å². The molecule has 0 fully saturated rings. The number of hydrogen-bond acceptors (Lipinski definition) is 2. The van der Waals surface area contributed by atoms with Crippen LogP contribution in [-0.4, -0.2) is 25.7 Å². The molecule has 0 radical (unpaired) electrons. The molecule has 0 atom stereocenters. The van der Waals surface area contributed by atoms with Crippen molar-refractivity contribution in [1.29, 1.82) is 0 Å². The monoisotopic (exact) mass is 351 g/mol. The van der Waals surface area contributed by atoms with Crippen molar-refractivity contribution >= 4 is 5.96 Å². The summed E-state index contributed by atoms with van der Waals surface area (Å²) in [5.41, 5.74) is 0.923. The van der Waals surface area contributed by atoms with Crippen molar-refractivity contribution in [2.75, 3.05) is 13.6 Å². The second kappa shape index (κ2) is 8.96. The second-order valence-electron chi connectivity index (χ2n) is 5.28. The summed E-state index contributed by atoms with van der Waals surface area (Å²) in [6.07, 6.45) is -5.09. The van der Waals surface area contributed by atoms with Gasteiger partial charge in [-0.3, -0.25) is 4.99 Å². The van der Waals surface area contributed by atoms with Crippen LogP contribution in [0.1, 0.15) is 12.0 Å². The molecule has 0 aromatic heterocycles. The van der Waals surface area contributed by atoms with Gasteiger partial charge in [0.2, 0.25) is 0 Å². The number of rotatable bonds is 6. The Bertz CT molecular complexity index is 687. The van der Waals surface area contributed by atoms with E-state index in [1.165, 1.54) is 7.05 Å². The van der Waals surface area contributed by atoms with E-state index in [1.54, 1.807) is 0 Å². The van der Waals surface area contributed by atoms with Gasteiger partial charge in [-0.2, -0.15) is 13.2 Å². The summed E-state index contributed by atoms with van der Waals surface area (Å²) >= 11 is 0. The van der Waals surface area contributed by atoms with Crippen LogP contribution in [-0.2, 0) is 6.54 Å². The summed E-state index contributed by atoms with van der Waals surface area (Å²) in [5.74, 6) is 1.74. The Morgan fingerprint density at radius 1 is 1.00 bits per heavy atom. The zero-order valence-electron chi connectivity index (χ0n) is 13.8. The zero-order valence-corrected chi connectivity index (χ0v) is 13.8. The fourth-order valence-corrected chi connectivity index (χ4v) is 2.07. The Morgan fingerprint density at radius 2 is 1.72 bits per heavy atom. The summed E-state index contributed by atoms with van der Waals surface area (Å²) < 4.78 is 42.3. The third kappa shape index (κ3) is 7.15. The molecule has 0 saturated heterocycles. The number of aliphatic imine (C=N–C) groups is 1. The quantitative estimate of drug-likeness (QED) is 0.608. The molecule has 2 aromatic carbocycles. The fourth-order valence-electron chi connectivity index (χ4n) is 2.07. The molecule has 0 spiro atoms. The fraction of sp³-hybridized carbons (Fsp3) is 0.278. The lowest BCUT2D eigenvalue weighted by molar-refractivity contribution is -0.132. The van der Waals surface area contributed by atoms with E-state index in [1.807, 2.05) is 54.6 Å². The first-order valence-corrected chi connectivity index (χ1v) is 7.79. The highest BCUT2D eigenvalue weighted by molar-refractivity contribution is 5.79. The summed E-state index contributed by atoms with van der Waals surface area (Å²) in [4.78, 5) is 3.91. The highest BCUT2D eigenvalue weighted by Crippen LogP contribution is 2.21. The van der Waals surface area contributed by atoms with Crippen LogP contribution in [0.2, 0.25) is 0 Å². The standard InChI is InChI=1S/C18H20F3N3O/c1-22-17(23-11-10-18(19,20)21)24-13-14-6-5-9-16(12-14)25-15-7-3-2-4-8-15/h2-9,12H,10-11,13H2,1H3,(H2,22,23,24). The first kappa shape index (κ1) is 18.6. The van der Waals surface area contributed by atoms with E-state index in [0.29, 0.717) is 18.3 Å². The molecule has 0 heterocycles. The molecule has 0 bridgehead atoms. The Hall–Kier alpha value is -2.70. The van der Waals surface area contributed by atoms with Gasteiger partial charge in [-0.15, -0.1) is 0 Å². The van der Waals surface area contributed by atoms with Crippen molar-refractivity contribution in [3.8, 4) is 11.5 Å². The van der Waals surface area contributed by atoms with Gasteiger partial charge in [-0.1, -0.05) is 30.3 Å². The van der Waals surface area contributed by atoms with E-state index < -0.39 is 12.6 Å². The first-order chi connectivity index (χ1) is 12.0. The predicted octanol–water partition coefficient (Wildman–Crippen LogP) is 4.10. The topological polar surface area (TPSA) is 45.7 Å². The number of guanidine groups is 1.